The van der Waals surface area contributed by atoms with E-state index in [9.17, 15) is 14.4 Å². The van der Waals surface area contributed by atoms with Crippen molar-refractivity contribution in [1.29, 1.82) is 0 Å². The summed E-state index contributed by atoms with van der Waals surface area (Å²) in [5.41, 5.74) is 6.13. The number of nitrogens with zero attached hydrogens (tertiary/aromatic N) is 1. The fourth-order valence-corrected chi connectivity index (χ4v) is 3.15. The predicted octanol–water partition coefficient (Wildman–Crippen LogP) is -0.114. The maximum Gasteiger partial charge on any atom is 0.308 e. The van der Waals surface area contributed by atoms with E-state index in [0.717, 1.165) is 0 Å². The van der Waals surface area contributed by atoms with Crippen molar-refractivity contribution in [3.63, 3.8) is 0 Å². The van der Waals surface area contributed by atoms with Crippen molar-refractivity contribution in [1.82, 2.24) is 10.2 Å². The average Bonchev–Trinajstić information content (AvgIpc) is 2.86. The molecule has 0 aliphatic heterocycles. The van der Waals surface area contributed by atoms with Gasteiger partial charge in [-0.2, -0.15) is 0 Å². The van der Waals surface area contributed by atoms with Crippen molar-refractivity contribution >= 4 is 17.8 Å². The molecule has 0 bridgehead atoms. The predicted molar refractivity (Wildman–Crippen MR) is 81.7 cm³/mol. The summed E-state index contributed by atoms with van der Waals surface area (Å²) in [4.78, 5) is 37.5. The minimum absolute atomic E-state index is 0.147. The summed E-state index contributed by atoms with van der Waals surface area (Å²) in [6, 6.07) is -1.01. The Labute approximate surface area is 131 Å². The fourth-order valence-electron chi connectivity index (χ4n) is 3.15. The van der Waals surface area contributed by atoms with Crippen LogP contribution in [0.4, 0.5) is 0 Å². The van der Waals surface area contributed by atoms with E-state index < -0.39 is 6.04 Å². The standard InChI is InChI=1S/C15H27N3O4/c1-5-18(6-2)14(20)13(17-9(3)19)11-7-10(8-12(11)16)15(21)22-4/h10-13H,5-8,16H2,1-4H3,(H,17,19)/t10?,11-,12-,13?/m1/s1. The van der Waals surface area contributed by atoms with Crippen LogP contribution in [0.5, 0.6) is 0 Å². The Hall–Kier alpha value is -1.63. The van der Waals surface area contributed by atoms with Crippen LogP contribution >= 0.6 is 0 Å². The molecule has 1 fully saturated rings. The highest BCUT2D eigenvalue weighted by Gasteiger charge is 2.44. The van der Waals surface area contributed by atoms with Gasteiger partial charge in [-0.25, -0.2) is 0 Å². The molecule has 7 nitrogen and oxygen atoms in total. The molecule has 2 unspecified atom stereocenters. The molecule has 1 aliphatic rings. The maximum absolute atomic E-state index is 12.7. The molecule has 0 radical (unpaired) electrons. The van der Waals surface area contributed by atoms with Crippen LogP contribution in [0, 0.1) is 11.8 Å². The van der Waals surface area contributed by atoms with Crippen LogP contribution in [0.15, 0.2) is 0 Å². The number of carbonyl (C=O) groups is 3. The van der Waals surface area contributed by atoms with E-state index in [4.69, 9.17) is 10.5 Å². The number of carbonyl (C=O) groups excluding carboxylic acids is 3. The van der Waals surface area contributed by atoms with Gasteiger partial charge in [-0.15, -0.1) is 0 Å². The number of nitrogens with one attached hydrogen (secondary N) is 1. The van der Waals surface area contributed by atoms with Gasteiger partial charge in [0, 0.05) is 32.0 Å². The SMILES string of the molecule is CCN(CC)C(=O)C(NC(C)=O)[C@@H]1CC(C(=O)OC)C[C@H]1N. The Morgan fingerprint density at radius 1 is 1.27 bits per heavy atom. The van der Waals surface area contributed by atoms with Crippen molar-refractivity contribution < 1.29 is 19.1 Å². The number of likely N-dealkylation sites (N-methyl/N-ethyl adjacent to an activating group) is 1. The molecular formula is C15H27N3O4. The highest BCUT2D eigenvalue weighted by atomic mass is 16.5. The minimum Gasteiger partial charge on any atom is -0.469 e. The number of ether oxygens (including phenoxy) is 1. The first-order valence-electron chi connectivity index (χ1n) is 7.74. The first-order chi connectivity index (χ1) is 10.3. The second-order valence-electron chi connectivity index (χ2n) is 5.71. The third-order valence-corrected chi connectivity index (χ3v) is 4.33. The fraction of sp³-hybridized carbons (Fsp3) is 0.800. The molecule has 1 rings (SSSR count). The lowest BCUT2D eigenvalue weighted by molar-refractivity contribution is -0.145. The molecule has 0 heterocycles. The van der Waals surface area contributed by atoms with Crippen LogP contribution < -0.4 is 11.1 Å². The Balaban J connectivity index is 2.94. The van der Waals surface area contributed by atoms with E-state index in [-0.39, 0.29) is 35.7 Å². The molecule has 0 aromatic heterocycles. The zero-order chi connectivity index (χ0) is 16.9. The molecule has 126 valence electrons. The van der Waals surface area contributed by atoms with Gasteiger partial charge in [0.1, 0.15) is 6.04 Å². The van der Waals surface area contributed by atoms with Gasteiger partial charge >= 0.3 is 5.97 Å². The van der Waals surface area contributed by atoms with Crippen LogP contribution in [-0.2, 0) is 19.1 Å². The number of rotatable bonds is 6. The van der Waals surface area contributed by atoms with Crippen molar-refractivity contribution in [2.24, 2.45) is 17.6 Å². The van der Waals surface area contributed by atoms with Crippen molar-refractivity contribution in [2.45, 2.75) is 45.7 Å². The molecule has 3 N–H and O–H groups in total. The van der Waals surface area contributed by atoms with E-state index >= 15 is 0 Å². The van der Waals surface area contributed by atoms with Crippen LogP contribution in [-0.4, -0.2) is 55.0 Å². The van der Waals surface area contributed by atoms with Gasteiger partial charge in [0.15, 0.2) is 0 Å². The molecule has 1 saturated carbocycles. The van der Waals surface area contributed by atoms with Gasteiger partial charge in [0.05, 0.1) is 13.0 Å². The topological polar surface area (TPSA) is 102 Å². The molecule has 2 amide bonds. The number of hydrogen-bond acceptors (Lipinski definition) is 5. The first kappa shape index (κ1) is 18.4. The highest BCUT2D eigenvalue weighted by molar-refractivity contribution is 5.87. The normalized spacial score (nSPS) is 25.4. The Morgan fingerprint density at radius 2 is 1.86 bits per heavy atom. The molecule has 4 atom stereocenters. The first-order valence-corrected chi connectivity index (χ1v) is 7.74. The minimum atomic E-state index is -0.693. The molecular weight excluding hydrogens is 286 g/mol. The lowest BCUT2D eigenvalue weighted by Crippen LogP contribution is -2.54. The van der Waals surface area contributed by atoms with E-state index in [2.05, 4.69) is 5.32 Å². The summed E-state index contributed by atoms with van der Waals surface area (Å²) in [5, 5.41) is 2.72. The van der Waals surface area contributed by atoms with Crippen LogP contribution in [0.2, 0.25) is 0 Å². The third kappa shape index (κ3) is 4.19. The van der Waals surface area contributed by atoms with E-state index in [0.29, 0.717) is 25.9 Å². The maximum atomic E-state index is 12.7. The zero-order valence-corrected chi connectivity index (χ0v) is 13.8. The molecule has 0 spiro atoms. The van der Waals surface area contributed by atoms with Gasteiger partial charge in [-0.05, 0) is 26.7 Å². The highest BCUT2D eigenvalue weighted by Crippen LogP contribution is 2.33. The quantitative estimate of drug-likeness (QED) is 0.666. The molecule has 7 heteroatoms. The number of esters is 1. The number of hydrogen-bond donors (Lipinski definition) is 2. The summed E-state index contributed by atoms with van der Waals surface area (Å²) in [6.45, 7) is 6.28. The third-order valence-electron chi connectivity index (χ3n) is 4.33. The molecule has 0 saturated heterocycles. The largest absolute Gasteiger partial charge is 0.469 e. The van der Waals surface area contributed by atoms with E-state index in [1.54, 1.807) is 4.90 Å². The van der Waals surface area contributed by atoms with Crippen LogP contribution in [0.1, 0.15) is 33.6 Å². The van der Waals surface area contributed by atoms with Gasteiger partial charge < -0.3 is 20.7 Å². The van der Waals surface area contributed by atoms with Crippen molar-refractivity contribution in [3.8, 4) is 0 Å². The summed E-state index contributed by atoms with van der Waals surface area (Å²) in [5.74, 6) is -1.31. The number of nitrogens with two attached hydrogens (primary N) is 1. The number of methoxy groups -OCH3 is 1. The summed E-state index contributed by atoms with van der Waals surface area (Å²) >= 11 is 0. The van der Waals surface area contributed by atoms with Crippen LogP contribution in [0.25, 0.3) is 0 Å². The second-order valence-corrected chi connectivity index (χ2v) is 5.71. The zero-order valence-electron chi connectivity index (χ0n) is 13.8. The van der Waals surface area contributed by atoms with Crippen molar-refractivity contribution in [3.05, 3.63) is 0 Å². The van der Waals surface area contributed by atoms with Crippen molar-refractivity contribution in [2.75, 3.05) is 20.2 Å². The summed E-state index contributed by atoms with van der Waals surface area (Å²) in [6.07, 6.45) is 0.921. The smallest absolute Gasteiger partial charge is 0.308 e. The lowest BCUT2D eigenvalue weighted by atomic mass is 9.92. The Kier molecular flexibility index (Phi) is 6.80. The van der Waals surface area contributed by atoms with Gasteiger partial charge in [0.25, 0.3) is 0 Å². The summed E-state index contributed by atoms with van der Waals surface area (Å²) < 4.78 is 4.76. The second kappa shape index (κ2) is 8.12. The van der Waals surface area contributed by atoms with Gasteiger partial charge in [-0.3, -0.25) is 14.4 Å². The molecule has 1 aliphatic carbocycles. The van der Waals surface area contributed by atoms with Crippen LogP contribution in [0.3, 0.4) is 0 Å². The molecule has 0 aromatic rings. The van der Waals surface area contributed by atoms with Gasteiger partial charge in [0.2, 0.25) is 11.8 Å². The number of amides is 2. The Morgan fingerprint density at radius 3 is 2.32 bits per heavy atom. The van der Waals surface area contributed by atoms with E-state index in [1.165, 1.54) is 14.0 Å². The van der Waals surface area contributed by atoms with E-state index in [1.807, 2.05) is 13.8 Å². The monoisotopic (exact) mass is 313 g/mol. The summed E-state index contributed by atoms with van der Waals surface area (Å²) in [7, 11) is 1.34. The lowest BCUT2D eigenvalue weighted by Gasteiger charge is -2.31. The molecule has 22 heavy (non-hydrogen) atoms. The molecule has 0 aromatic carbocycles. The van der Waals surface area contributed by atoms with Gasteiger partial charge in [-0.1, -0.05) is 0 Å². The average molecular weight is 313 g/mol. The Bertz CT molecular complexity index is 423.